The molecule has 2 aromatic carbocycles. The second kappa shape index (κ2) is 9.04. The van der Waals surface area contributed by atoms with Gasteiger partial charge in [0.1, 0.15) is 10.8 Å². The van der Waals surface area contributed by atoms with E-state index in [0.717, 1.165) is 18.2 Å². The maximum atomic E-state index is 13.1. The lowest BCUT2D eigenvalue weighted by molar-refractivity contribution is -0.137. The van der Waals surface area contributed by atoms with Crippen molar-refractivity contribution >= 4 is 28.8 Å². The summed E-state index contributed by atoms with van der Waals surface area (Å²) in [6.45, 7) is 0.131. The summed E-state index contributed by atoms with van der Waals surface area (Å²) >= 11 is 1.26. The van der Waals surface area contributed by atoms with Crippen molar-refractivity contribution in [3.05, 3.63) is 71.0 Å². The number of hydrogen-bond donors (Lipinski definition) is 2. The quantitative estimate of drug-likeness (QED) is 0.463. The summed E-state index contributed by atoms with van der Waals surface area (Å²) in [5, 5.41) is 7.00. The summed E-state index contributed by atoms with van der Waals surface area (Å²) in [6, 6.07) is 9.84. The van der Waals surface area contributed by atoms with Crippen LogP contribution in [0.25, 0.3) is 10.6 Å². The third-order valence-corrected chi connectivity index (χ3v) is 4.91. The van der Waals surface area contributed by atoms with E-state index in [-0.39, 0.29) is 12.2 Å². The molecule has 0 aliphatic rings. The van der Waals surface area contributed by atoms with Gasteiger partial charge in [0.15, 0.2) is 0 Å². The molecule has 156 valence electrons. The first kappa shape index (κ1) is 21.4. The van der Waals surface area contributed by atoms with E-state index in [0.29, 0.717) is 22.7 Å². The minimum atomic E-state index is -4.40. The van der Waals surface area contributed by atoms with Crippen molar-refractivity contribution in [1.29, 1.82) is 0 Å². The Balaban J connectivity index is 1.50. The van der Waals surface area contributed by atoms with Crippen LogP contribution < -0.4 is 10.6 Å². The highest BCUT2D eigenvalue weighted by molar-refractivity contribution is 7.13. The maximum Gasteiger partial charge on any atom is 0.416 e. The second-order valence-corrected chi connectivity index (χ2v) is 7.05. The molecule has 0 aliphatic carbocycles. The highest BCUT2D eigenvalue weighted by atomic mass is 32.1. The predicted molar refractivity (Wildman–Crippen MR) is 104 cm³/mol. The van der Waals surface area contributed by atoms with Gasteiger partial charge in [0.25, 0.3) is 0 Å². The molecular formula is C20H15F4N3O2S. The number of anilines is 1. The molecule has 0 saturated carbocycles. The summed E-state index contributed by atoms with van der Waals surface area (Å²) in [4.78, 5) is 28.0. The molecule has 3 aromatic rings. The van der Waals surface area contributed by atoms with Crippen LogP contribution in [0.2, 0.25) is 0 Å². The van der Waals surface area contributed by atoms with Gasteiger partial charge in [-0.15, -0.1) is 11.3 Å². The van der Waals surface area contributed by atoms with Crippen molar-refractivity contribution in [2.75, 3.05) is 11.9 Å². The van der Waals surface area contributed by atoms with Crippen molar-refractivity contribution in [2.45, 2.75) is 12.6 Å². The number of hydrogen-bond acceptors (Lipinski definition) is 4. The molecule has 2 N–H and O–H groups in total. The molecule has 0 saturated heterocycles. The summed E-state index contributed by atoms with van der Waals surface area (Å²) < 4.78 is 51.0. The molecule has 2 amide bonds. The van der Waals surface area contributed by atoms with E-state index in [1.807, 2.05) is 0 Å². The van der Waals surface area contributed by atoms with Crippen molar-refractivity contribution in [2.24, 2.45) is 0 Å². The normalized spacial score (nSPS) is 11.2. The number of amides is 2. The third-order valence-electron chi connectivity index (χ3n) is 3.97. The number of benzene rings is 2. The fourth-order valence-electron chi connectivity index (χ4n) is 2.49. The molecule has 0 aliphatic heterocycles. The Labute approximate surface area is 172 Å². The van der Waals surface area contributed by atoms with Gasteiger partial charge in [-0.2, -0.15) is 13.2 Å². The van der Waals surface area contributed by atoms with E-state index in [1.54, 1.807) is 5.38 Å². The van der Waals surface area contributed by atoms with Crippen LogP contribution in [0, 0.1) is 5.82 Å². The molecule has 10 heteroatoms. The molecule has 1 heterocycles. The summed E-state index contributed by atoms with van der Waals surface area (Å²) in [6.07, 6.45) is -4.07. The molecular weight excluding hydrogens is 422 g/mol. The van der Waals surface area contributed by atoms with Crippen LogP contribution in [0.4, 0.5) is 23.2 Å². The van der Waals surface area contributed by atoms with E-state index in [1.165, 1.54) is 41.7 Å². The molecule has 5 nitrogen and oxygen atoms in total. The van der Waals surface area contributed by atoms with Gasteiger partial charge in [0.2, 0.25) is 0 Å². The lowest BCUT2D eigenvalue weighted by atomic mass is 10.1. The zero-order valence-corrected chi connectivity index (χ0v) is 16.1. The maximum absolute atomic E-state index is 13.1. The number of rotatable bonds is 5. The topological polar surface area (TPSA) is 71.1 Å². The van der Waals surface area contributed by atoms with Gasteiger partial charge < -0.3 is 10.6 Å². The minimum absolute atomic E-state index is 0.131. The molecule has 0 atom stereocenters. The number of halogens is 4. The Morgan fingerprint density at radius 2 is 1.77 bits per heavy atom. The number of aromatic nitrogens is 1. The first-order valence-corrected chi connectivity index (χ1v) is 9.57. The van der Waals surface area contributed by atoms with Gasteiger partial charge in [-0.3, -0.25) is 9.59 Å². The molecule has 0 radical (unpaired) electrons. The summed E-state index contributed by atoms with van der Waals surface area (Å²) in [5.41, 5.74) is 0.608. The number of carbonyl (C=O) groups excluding carboxylic acids is 2. The van der Waals surface area contributed by atoms with E-state index in [4.69, 9.17) is 0 Å². The third kappa shape index (κ3) is 5.63. The molecule has 0 fully saturated rings. The Bertz CT molecular complexity index is 1050. The van der Waals surface area contributed by atoms with Crippen LogP contribution in [0.1, 0.15) is 11.3 Å². The van der Waals surface area contributed by atoms with Crippen molar-refractivity contribution < 1.29 is 27.2 Å². The molecule has 0 bridgehead atoms. The van der Waals surface area contributed by atoms with Gasteiger partial charge in [-0.1, -0.05) is 18.2 Å². The van der Waals surface area contributed by atoms with E-state index < -0.39 is 29.4 Å². The lowest BCUT2D eigenvalue weighted by Gasteiger charge is -2.06. The number of thiazole rings is 1. The van der Waals surface area contributed by atoms with Crippen molar-refractivity contribution in [3.8, 4) is 10.6 Å². The number of nitrogens with zero attached hydrogens (tertiary/aromatic N) is 1. The van der Waals surface area contributed by atoms with Crippen molar-refractivity contribution in [1.82, 2.24) is 10.3 Å². The number of carbonyl (C=O) groups is 2. The predicted octanol–water partition coefficient (Wildman–Crippen LogP) is 4.27. The average molecular weight is 437 g/mol. The summed E-state index contributed by atoms with van der Waals surface area (Å²) in [7, 11) is 0. The van der Waals surface area contributed by atoms with Gasteiger partial charge in [0.05, 0.1) is 11.3 Å². The van der Waals surface area contributed by atoms with E-state index in [2.05, 4.69) is 15.6 Å². The van der Waals surface area contributed by atoms with E-state index >= 15 is 0 Å². The van der Waals surface area contributed by atoms with Crippen LogP contribution >= 0.6 is 11.3 Å². The van der Waals surface area contributed by atoms with Crippen LogP contribution in [0.3, 0.4) is 0 Å². The molecule has 0 unspecified atom stereocenters. The lowest BCUT2D eigenvalue weighted by Crippen LogP contribution is -2.36. The highest BCUT2D eigenvalue weighted by Crippen LogP contribution is 2.31. The van der Waals surface area contributed by atoms with Crippen LogP contribution in [0.5, 0.6) is 0 Å². The van der Waals surface area contributed by atoms with Crippen LogP contribution in [-0.4, -0.2) is 23.3 Å². The Morgan fingerprint density at radius 3 is 2.43 bits per heavy atom. The number of nitrogens with one attached hydrogen (secondary N) is 2. The fraction of sp³-hybridized carbons (Fsp3) is 0.150. The SMILES string of the molecule is O=C(NCCc1csc(-c2ccc(C(F)(F)F)cc2)n1)C(=O)Nc1cccc(F)c1. The monoisotopic (exact) mass is 437 g/mol. The Kier molecular flexibility index (Phi) is 6.46. The van der Waals surface area contributed by atoms with Gasteiger partial charge >= 0.3 is 18.0 Å². The fourth-order valence-corrected chi connectivity index (χ4v) is 3.35. The average Bonchev–Trinajstić information content (AvgIpc) is 3.16. The second-order valence-electron chi connectivity index (χ2n) is 6.19. The van der Waals surface area contributed by atoms with Crippen LogP contribution in [0.15, 0.2) is 53.9 Å². The van der Waals surface area contributed by atoms with Crippen molar-refractivity contribution in [3.63, 3.8) is 0 Å². The van der Waals surface area contributed by atoms with Gasteiger partial charge in [0, 0.05) is 29.6 Å². The smallest absolute Gasteiger partial charge is 0.347 e. The zero-order chi connectivity index (χ0) is 21.7. The Morgan fingerprint density at radius 1 is 1.03 bits per heavy atom. The minimum Gasteiger partial charge on any atom is -0.347 e. The first-order valence-electron chi connectivity index (χ1n) is 8.69. The van der Waals surface area contributed by atoms with Gasteiger partial charge in [-0.05, 0) is 30.3 Å². The Hall–Kier alpha value is -3.27. The highest BCUT2D eigenvalue weighted by Gasteiger charge is 2.30. The van der Waals surface area contributed by atoms with Gasteiger partial charge in [-0.25, -0.2) is 9.37 Å². The first-order chi connectivity index (χ1) is 14.2. The molecule has 1 aromatic heterocycles. The van der Waals surface area contributed by atoms with E-state index in [9.17, 15) is 27.2 Å². The molecule has 3 rings (SSSR count). The standard InChI is InChI=1S/C20H15F4N3O2S/c21-14-2-1-3-15(10-14)26-18(29)17(28)25-9-8-16-11-30-19(27-16)12-4-6-13(7-5-12)20(22,23)24/h1-7,10-11H,8-9H2,(H,25,28)(H,26,29). The molecule has 30 heavy (non-hydrogen) atoms. The zero-order valence-electron chi connectivity index (χ0n) is 15.3. The molecule has 0 spiro atoms. The largest absolute Gasteiger partial charge is 0.416 e. The summed E-state index contributed by atoms with van der Waals surface area (Å²) in [5.74, 6) is -2.35. The van der Waals surface area contributed by atoms with Crippen LogP contribution in [-0.2, 0) is 22.2 Å². The number of alkyl halides is 3.